The van der Waals surface area contributed by atoms with E-state index in [9.17, 15) is 26.0 Å². The van der Waals surface area contributed by atoms with E-state index in [1.165, 1.54) is 18.2 Å². The van der Waals surface area contributed by atoms with Crippen LogP contribution in [-0.4, -0.2) is 20.1 Å². The molecule has 18 heavy (non-hydrogen) atoms. The van der Waals surface area contributed by atoms with Crippen LogP contribution in [-0.2, 0) is 10.1 Å². The highest BCUT2D eigenvalue weighted by Gasteiger charge is 2.49. The van der Waals surface area contributed by atoms with Crippen LogP contribution in [0.1, 0.15) is 17.9 Å². The van der Waals surface area contributed by atoms with E-state index >= 15 is 0 Å². The number of hydrogen-bond acceptors (Lipinski definition) is 3. The maximum Gasteiger partial charge on any atom is 0.534 e. The molecule has 1 saturated carbocycles. The van der Waals surface area contributed by atoms with Crippen LogP contribution in [0.15, 0.2) is 24.3 Å². The predicted octanol–water partition coefficient (Wildman–Crippen LogP) is 2.74. The molecule has 1 aliphatic carbocycles. The Bertz CT molecular complexity index is 552. The van der Waals surface area contributed by atoms with Crippen molar-refractivity contribution in [2.75, 3.05) is 0 Å². The van der Waals surface area contributed by atoms with Gasteiger partial charge in [-0.05, 0) is 12.5 Å². The van der Waals surface area contributed by atoms with Gasteiger partial charge in [-0.15, -0.1) is 0 Å². The summed E-state index contributed by atoms with van der Waals surface area (Å²) in [5.74, 6) is -1.07. The third-order valence-electron chi connectivity index (χ3n) is 2.51. The van der Waals surface area contributed by atoms with Crippen molar-refractivity contribution in [3.63, 3.8) is 0 Å². The Balaban J connectivity index is 2.31. The van der Waals surface area contributed by atoms with Gasteiger partial charge in [0.15, 0.2) is 0 Å². The van der Waals surface area contributed by atoms with Gasteiger partial charge in [0.2, 0.25) is 0 Å². The summed E-state index contributed by atoms with van der Waals surface area (Å²) in [4.78, 5) is 0. The molecule has 0 bridgehead atoms. The van der Waals surface area contributed by atoms with Gasteiger partial charge in [0, 0.05) is 11.5 Å². The van der Waals surface area contributed by atoms with Gasteiger partial charge in [-0.25, -0.2) is 4.39 Å². The molecule has 0 aliphatic heterocycles. The summed E-state index contributed by atoms with van der Waals surface area (Å²) in [5, 5.41) is 0. The second-order valence-electron chi connectivity index (χ2n) is 3.88. The van der Waals surface area contributed by atoms with Crippen molar-refractivity contribution in [2.24, 2.45) is 0 Å². The quantitative estimate of drug-likeness (QED) is 0.487. The van der Waals surface area contributed by atoms with Gasteiger partial charge in [0.05, 0.1) is 0 Å². The monoisotopic (exact) mass is 284 g/mol. The summed E-state index contributed by atoms with van der Waals surface area (Å²) in [6.07, 6.45) is -1.00. The minimum atomic E-state index is -5.72. The molecule has 0 aromatic heterocycles. The van der Waals surface area contributed by atoms with E-state index < -0.39 is 33.5 Å². The standard InChI is InChI=1S/C10H8F4O3S/c11-8-5-7(8)6-3-1-2-4-9(6)17-18(15,16)10(12,13)14/h1-4,7-8H,5H2/t7?,8-/m1/s1. The molecule has 8 heteroatoms. The first kappa shape index (κ1) is 13.1. The molecule has 1 aromatic rings. The van der Waals surface area contributed by atoms with Crippen molar-refractivity contribution in [3.8, 4) is 5.75 Å². The molecular formula is C10H8F4O3S. The maximum atomic E-state index is 12.9. The predicted molar refractivity (Wildman–Crippen MR) is 54.3 cm³/mol. The smallest absolute Gasteiger partial charge is 0.376 e. The van der Waals surface area contributed by atoms with Gasteiger partial charge in [0.1, 0.15) is 11.9 Å². The Kier molecular flexibility index (Phi) is 3.00. The lowest BCUT2D eigenvalue weighted by Gasteiger charge is -2.12. The minimum Gasteiger partial charge on any atom is -0.376 e. The summed E-state index contributed by atoms with van der Waals surface area (Å²) >= 11 is 0. The number of hydrogen-bond donors (Lipinski definition) is 0. The Morgan fingerprint density at radius 3 is 2.28 bits per heavy atom. The summed E-state index contributed by atoms with van der Waals surface area (Å²) < 4.78 is 75.1. The molecule has 0 N–H and O–H groups in total. The summed E-state index contributed by atoms with van der Waals surface area (Å²) in [6.45, 7) is 0. The topological polar surface area (TPSA) is 43.4 Å². The Morgan fingerprint density at radius 2 is 1.78 bits per heavy atom. The third kappa shape index (κ3) is 2.43. The van der Waals surface area contributed by atoms with Gasteiger partial charge in [0.25, 0.3) is 0 Å². The van der Waals surface area contributed by atoms with Crippen LogP contribution in [0, 0.1) is 0 Å². The molecular weight excluding hydrogens is 276 g/mol. The largest absolute Gasteiger partial charge is 0.534 e. The molecule has 0 radical (unpaired) electrons. The van der Waals surface area contributed by atoms with Gasteiger partial charge in [-0.3, -0.25) is 0 Å². The van der Waals surface area contributed by atoms with Crippen LogP contribution in [0.3, 0.4) is 0 Å². The van der Waals surface area contributed by atoms with Crippen molar-refractivity contribution in [3.05, 3.63) is 29.8 Å². The summed E-state index contributed by atoms with van der Waals surface area (Å²) in [5.41, 5.74) is -5.36. The highest BCUT2D eigenvalue weighted by Crippen LogP contribution is 2.47. The zero-order valence-electron chi connectivity index (χ0n) is 8.82. The second-order valence-corrected chi connectivity index (χ2v) is 5.42. The van der Waals surface area contributed by atoms with Crippen LogP contribution in [0.25, 0.3) is 0 Å². The fraction of sp³-hybridized carbons (Fsp3) is 0.400. The van der Waals surface area contributed by atoms with E-state index in [0.29, 0.717) is 0 Å². The molecule has 100 valence electrons. The average Bonchev–Trinajstić information content (AvgIpc) is 2.94. The summed E-state index contributed by atoms with van der Waals surface area (Å²) in [6, 6.07) is 5.23. The molecule has 2 rings (SSSR count). The van der Waals surface area contributed by atoms with E-state index in [0.717, 1.165) is 6.07 Å². The first-order valence-corrected chi connectivity index (χ1v) is 6.37. The molecule has 0 amide bonds. The molecule has 1 unspecified atom stereocenters. The molecule has 0 heterocycles. The van der Waals surface area contributed by atoms with Gasteiger partial charge < -0.3 is 4.18 Å². The van der Waals surface area contributed by atoms with Gasteiger partial charge >= 0.3 is 15.6 Å². The fourth-order valence-electron chi connectivity index (χ4n) is 1.51. The molecule has 1 fully saturated rings. The van der Waals surface area contributed by atoms with Gasteiger partial charge in [-0.1, -0.05) is 18.2 Å². The Hall–Kier alpha value is -1.31. The van der Waals surface area contributed by atoms with Crippen molar-refractivity contribution in [1.29, 1.82) is 0 Å². The van der Waals surface area contributed by atoms with E-state index in [1.54, 1.807) is 0 Å². The highest BCUT2D eigenvalue weighted by atomic mass is 32.2. The Labute approximate surface area is 100 Å². The Morgan fingerprint density at radius 1 is 1.22 bits per heavy atom. The molecule has 1 aliphatic rings. The van der Waals surface area contributed by atoms with Crippen LogP contribution >= 0.6 is 0 Å². The SMILES string of the molecule is O=S(=O)(Oc1ccccc1C1C[C@H]1F)C(F)(F)F. The zero-order chi connectivity index (χ0) is 13.6. The van der Waals surface area contributed by atoms with E-state index in [4.69, 9.17) is 0 Å². The third-order valence-corrected chi connectivity index (χ3v) is 3.48. The van der Waals surface area contributed by atoms with E-state index in [-0.39, 0.29) is 12.0 Å². The van der Waals surface area contributed by atoms with E-state index in [1.807, 2.05) is 0 Å². The molecule has 0 spiro atoms. The number of rotatable bonds is 3. The highest BCUT2D eigenvalue weighted by molar-refractivity contribution is 7.88. The average molecular weight is 284 g/mol. The van der Waals surface area contributed by atoms with Crippen molar-refractivity contribution >= 4 is 10.1 Å². The normalized spacial score (nSPS) is 23.8. The van der Waals surface area contributed by atoms with E-state index in [2.05, 4.69) is 4.18 Å². The summed E-state index contributed by atoms with van der Waals surface area (Å²) in [7, 11) is -5.72. The number of alkyl halides is 4. The van der Waals surface area contributed by atoms with Crippen LogP contribution < -0.4 is 4.18 Å². The second kappa shape index (κ2) is 4.11. The minimum absolute atomic E-state index is 0.137. The maximum absolute atomic E-state index is 12.9. The van der Waals surface area contributed by atoms with Crippen LogP contribution in [0.4, 0.5) is 17.6 Å². The van der Waals surface area contributed by atoms with Gasteiger partial charge in [-0.2, -0.15) is 21.6 Å². The number of para-hydroxylation sites is 1. The fourth-order valence-corrected chi connectivity index (χ4v) is 2.00. The lowest BCUT2D eigenvalue weighted by Crippen LogP contribution is -2.28. The first-order valence-electron chi connectivity index (χ1n) is 4.96. The first-order chi connectivity index (χ1) is 8.22. The van der Waals surface area contributed by atoms with Crippen molar-refractivity contribution < 1.29 is 30.2 Å². The van der Waals surface area contributed by atoms with Crippen molar-refractivity contribution in [1.82, 2.24) is 0 Å². The molecule has 0 saturated heterocycles. The van der Waals surface area contributed by atoms with Crippen LogP contribution in [0.5, 0.6) is 5.75 Å². The van der Waals surface area contributed by atoms with Crippen LogP contribution in [0.2, 0.25) is 0 Å². The molecule has 1 aromatic carbocycles. The number of halogens is 4. The molecule has 3 nitrogen and oxygen atoms in total. The zero-order valence-corrected chi connectivity index (χ0v) is 9.63. The molecule has 2 atom stereocenters. The number of benzene rings is 1. The van der Waals surface area contributed by atoms with Crippen molar-refractivity contribution in [2.45, 2.75) is 24.0 Å². The lowest BCUT2D eigenvalue weighted by atomic mass is 10.1. The lowest BCUT2D eigenvalue weighted by molar-refractivity contribution is -0.0500.